The van der Waals surface area contributed by atoms with Gasteiger partial charge in [-0.1, -0.05) is 39.7 Å². The number of halogens is 2. The molecule has 0 aliphatic rings. The van der Waals surface area contributed by atoms with Gasteiger partial charge >= 0.3 is 0 Å². The summed E-state index contributed by atoms with van der Waals surface area (Å²) in [5.41, 5.74) is 7.47. The molecular weight excluding hydrogens is 289 g/mol. The average molecular weight is 301 g/mol. The van der Waals surface area contributed by atoms with E-state index in [9.17, 15) is 0 Å². The minimum absolute atomic E-state index is 0.385. The van der Waals surface area contributed by atoms with Crippen molar-refractivity contribution in [3.05, 3.63) is 39.6 Å². The molecule has 3 nitrogen and oxygen atoms in total. The van der Waals surface area contributed by atoms with Crippen LogP contribution in [0.5, 0.6) is 0 Å². The van der Waals surface area contributed by atoms with E-state index in [1.165, 1.54) is 0 Å². The van der Waals surface area contributed by atoms with Gasteiger partial charge in [-0.05, 0) is 12.1 Å². The number of nitrogens with zero attached hydrogens (tertiary/aromatic N) is 2. The molecule has 0 spiro atoms. The highest BCUT2D eigenvalue weighted by atomic mass is 79.9. The van der Waals surface area contributed by atoms with Crippen LogP contribution in [0.25, 0.3) is 11.4 Å². The van der Waals surface area contributed by atoms with E-state index >= 15 is 0 Å². The molecule has 84 valence electrons. The number of nitrogens with two attached hydrogens (primary N) is 1. The molecule has 0 atom stereocenters. The molecule has 1 aromatic heterocycles. The Morgan fingerprint density at radius 2 is 2.25 bits per heavy atom. The summed E-state index contributed by atoms with van der Waals surface area (Å²) in [6, 6.07) is 7.92. The molecule has 16 heavy (non-hydrogen) atoms. The van der Waals surface area contributed by atoms with Gasteiger partial charge in [0, 0.05) is 23.6 Å². The van der Waals surface area contributed by atoms with Gasteiger partial charge in [-0.15, -0.1) is 0 Å². The Labute approximate surface area is 107 Å². The number of hydrogen-bond donors (Lipinski definition) is 1. The molecular formula is C11H11BrClN3. The zero-order valence-corrected chi connectivity index (χ0v) is 11.1. The molecule has 0 fully saturated rings. The van der Waals surface area contributed by atoms with Crippen LogP contribution >= 0.6 is 27.5 Å². The Kier molecular flexibility index (Phi) is 3.33. The van der Waals surface area contributed by atoms with Gasteiger partial charge in [-0.3, -0.25) is 0 Å². The highest BCUT2D eigenvalue weighted by molar-refractivity contribution is 9.10. The highest BCUT2D eigenvalue weighted by Gasteiger charge is 2.13. The van der Waals surface area contributed by atoms with E-state index in [0.717, 1.165) is 21.6 Å². The molecule has 0 saturated carbocycles. The van der Waals surface area contributed by atoms with Crippen LogP contribution in [-0.2, 0) is 13.6 Å². The Morgan fingerprint density at radius 1 is 1.50 bits per heavy atom. The van der Waals surface area contributed by atoms with E-state index in [2.05, 4.69) is 20.9 Å². The first kappa shape index (κ1) is 11.6. The van der Waals surface area contributed by atoms with Crippen LogP contribution in [0.1, 0.15) is 5.69 Å². The standard InChI is InChI=1S/C11H11BrClN3/c1-16-9(6-14)10(13)15-11(16)7-3-2-4-8(12)5-7/h2-5H,6,14H2,1H3. The summed E-state index contributed by atoms with van der Waals surface area (Å²) in [5, 5.41) is 0.472. The molecule has 0 saturated heterocycles. The van der Waals surface area contributed by atoms with Crippen LogP contribution in [0.4, 0.5) is 0 Å². The van der Waals surface area contributed by atoms with E-state index in [1.54, 1.807) is 0 Å². The monoisotopic (exact) mass is 299 g/mol. The normalized spacial score (nSPS) is 10.8. The molecule has 2 aromatic rings. The summed E-state index contributed by atoms with van der Waals surface area (Å²) in [5.74, 6) is 0.826. The average Bonchev–Trinajstić information content (AvgIpc) is 2.54. The van der Waals surface area contributed by atoms with Crippen LogP contribution in [0.3, 0.4) is 0 Å². The lowest BCUT2D eigenvalue weighted by molar-refractivity contribution is 0.828. The summed E-state index contributed by atoms with van der Waals surface area (Å²) >= 11 is 9.45. The quantitative estimate of drug-likeness (QED) is 0.926. The molecule has 0 bridgehead atoms. The predicted octanol–water partition coefficient (Wildman–Crippen LogP) is 2.96. The fourth-order valence-corrected chi connectivity index (χ4v) is 2.29. The third-order valence-electron chi connectivity index (χ3n) is 2.44. The summed E-state index contributed by atoms with van der Waals surface area (Å²) < 4.78 is 2.93. The second kappa shape index (κ2) is 4.57. The Hall–Kier alpha value is -0.840. The molecule has 0 unspecified atom stereocenters. The third kappa shape index (κ3) is 2.00. The maximum absolute atomic E-state index is 6.02. The highest BCUT2D eigenvalue weighted by Crippen LogP contribution is 2.26. The van der Waals surface area contributed by atoms with Gasteiger partial charge in [-0.25, -0.2) is 4.98 Å². The van der Waals surface area contributed by atoms with Crippen LogP contribution in [-0.4, -0.2) is 9.55 Å². The zero-order valence-electron chi connectivity index (χ0n) is 8.74. The first-order valence-corrected chi connectivity index (χ1v) is 5.97. The van der Waals surface area contributed by atoms with Gasteiger partial charge in [0.25, 0.3) is 0 Å². The lowest BCUT2D eigenvalue weighted by Crippen LogP contribution is -2.04. The van der Waals surface area contributed by atoms with Crippen molar-refractivity contribution in [2.45, 2.75) is 6.54 Å². The number of imidazole rings is 1. The maximum atomic E-state index is 6.02. The fraction of sp³-hybridized carbons (Fsp3) is 0.182. The molecule has 0 radical (unpaired) electrons. The van der Waals surface area contributed by atoms with Crippen molar-refractivity contribution in [2.75, 3.05) is 0 Å². The van der Waals surface area contributed by atoms with Gasteiger partial charge in [0.1, 0.15) is 5.82 Å². The molecule has 1 heterocycles. The molecule has 1 aromatic carbocycles. The van der Waals surface area contributed by atoms with Crippen LogP contribution in [0, 0.1) is 0 Å². The fourth-order valence-electron chi connectivity index (χ4n) is 1.61. The number of rotatable bonds is 2. The summed E-state index contributed by atoms with van der Waals surface area (Å²) in [6.07, 6.45) is 0. The van der Waals surface area contributed by atoms with Gasteiger partial charge < -0.3 is 10.3 Å². The molecule has 2 N–H and O–H groups in total. The first-order valence-electron chi connectivity index (χ1n) is 4.80. The zero-order chi connectivity index (χ0) is 11.7. The molecule has 0 aliphatic heterocycles. The van der Waals surface area contributed by atoms with Crippen molar-refractivity contribution < 1.29 is 0 Å². The summed E-state index contributed by atoms with van der Waals surface area (Å²) in [7, 11) is 1.91. The van der Waals surface area contributed by atoms with Crippen molar-refractivity contribution >= 4 is 27.5 Å². The number of hydrogen-bond acceptors (Lipinski definition) is 2. The smallest absolute Gasteiger partial charge is 0.152 e. The van der Waals surface area contributed by atoms with Crippen molar-refractivity contribution in [1.82, 2.24) is 9.55 Å². The number of benzene rings is 1. The van der Waals surface area contributed by atoms with E-state index in [4.69, 9.17) is 17.3 Å². The largest absolute Gasteiger partial charge is 0.329 e. The molecule has 2 rings (SSSR count). The Bertz CT molecular complexity index is 522. The Balaban J connectivity index is 2.56. The van der Waals surface area contributed by atoms with Gasteiger partial charge in [0.05, 0.1) is 5.69 Å². The van der Waals surface area contributed by atoms with E-state index in [-0.39, 0.29) is 0 Å². The third-order valence-corrected chi connectivity index (χ3v) is 3.24. The molecule has 0 aliphatic carbocycles. The first-order chi connectivity index (χ1) is 7.63. The van der Waals surface area contributed by atoms with Crippen molar-refractivity contribution in [1.29, 1.82) is 0 Å². The van der Waals surface area contributed by atoms with Crippen molar-refractivity contribution in [3.8, 4) is 11.4 Å². The number of aromatic nitrogens is 2. The lowest BCUT2D eigenvalue weighted by Gasteiger charge is -2.04. The van der Waals surface area contributed by atoms with Gasteiger partial charge in [-0.2, -0.15) is 0 Å². The van der Waals surface area contributed by atoms with Gasteiger partial charge in [0.2, 0.25) is 0 Å². The SMILES string of the molecule is Cn1c(-c2cccc(Br)c2)nc(Cl)c1CN. The lowest BCUT2D eigenvalue weighted by atomic mass is 10.2. The minimum Gasteiger partial charge on any atom is -0.329 e. The molecule has 0 amide bonds. The van der Waals surface area contributed by atoms with Crippen molar-refractivity contribution in [3.63, 3.8) is 0 Å². The second-order valence-corrected chi connectivity index (χ2v) is 4.72. The summed E-state index contributed by atoms with van der Waals surface area (Å²) in [6.45, 7) is 0.385. The van der Waals surface area contributed by atoms with Crippen LogP contribution in [0.15, 0.2) is 28.7 Å². The predicted molar refractivity (Wildman–Crippen MR) is 69.2 cm³/mol. The van der Waals surface area contributed by atoms with E-state index < -0.39 is 0 Å². The Morgan fingerprint density at radius 3 is 2.81 bits per heavy atom. The van der Waals surface area contributed by atoms with Crippen LogP contribution in [0.2, 0.25) is 5.15 Å². The summed E-state index contributed by atoms with van der Waals surface area (Å²) in [4.78, 5) is 4.32. The van der Waals surface area contributed by atoms with Crippen molar-refractivity contribution in [2.24, 2.45) is 12.8 Å². The van der Waals surface area contributed by atoms with E-state index in [0.29, 0.717) is 11.7 Å². The van der Waals surface area contributed by atoms with Gasteiger partial charge in [0.15, 0.2) is 5.15 Å². The van der Waals surface area contributed by atoms with E-state index in [1.807, 2.05) is 35.9 Å². The minimum atomic E-state index is 0.385. The molecule has 5 heteroatoms. The maximum Gasteiger partial charge on any atom is 0.152 e. The topological polar surface area (TPSA) is 43.8 Å². The second-order valence-electron chi connectivity index (χ2n) is 3.45. The van der Waals surface area contributed by atoms with Crippen LogP contribution < -0.4 is 5.73 Å².